The third kappa shape index (κ3) is 5.90. The van der Waals surface area contributed by atoms with Crippen molar-refractivity contribution in [3.05, 3.63) is 47.5 Å². The van der Waals surface area contributed by atoms with Crippen LogP contribution in [0.1, 0.15) is 60.7 Å². The highest BCUT2D eigenvalue weighted by atomic mass is 16.5. The number of rotatable bonds is 8. The van der Waals surface area contributed by atoms with Gasteiger partial charge in [-0.3, -0.25) is 24.3 Å². The molecule has 2 aromatic carbocycles. The SMILES string of the molecule is C[C@@H]1C[C@@H](OC[C@H](O)CN2CCN(CCN3C(=O)c4cccc5cccc(c45)C3=O)CC2)CC(C)(C)C1. The summed E-state index contributed by atoms with van der Waals surface area (Å²) in [7, 11) is 0. The predicted octanol–water partition coefficient (Wildman–Crippen LogP) is 3.65. The molecule has 7 nitrogen and oxygen atoms in total. The van der Waals surface area contributed by atoms with Crippen LogP contribution in [0.15, 0.2) is 36.4 Å². The summed E-state index contributed by atoms with van der Waals surface area (Å²) in [5.41, 5.74) is 1.53. The Morgan fingerprint density at radius 1 is 0.946 bits per heavy atom. The van der Waals surface area contributed by atoms with Gasteiger partial charge < -0.3 is 9.84 Å². The zero-order valence-corrected chi connectivity index (χ0v) is 22.5. The predicted molar refractivity (Wildman–Crippen MR) is 145 cm³/mol. The number of benzene rings is 2. The molecule has 1 saturated heterocycles. The molecule has 0 bridgehead atoms. The Labute approximate surface area is 220 Å². The number of carbonyl (C=O) groups excluding carboxylic acids is 2. The zero-order valence-electron chi connectivity index (χ0n) is 22.5. The lowest BCUT2D eigenvalue weighted by molar-refractivity contribution is -0.0633. The van der Waals surface area contributed by atoms with Crippen molar-refractivity contribution < 1.29 is 19.4 Å². The molecule has 200 valence electrons. The Hall–Kier alpha value is -2.32. The number of aliphatic hydroxyl groups is 1. The Balaban J connectivity index is 1.07. The molecule has 5 rings (SSSR count). The molecule has 1 saturated carbocycles. The molecule has 0 spiro atoms. The maximum atomic E-state index is 13.1. The highest BCUT2D eigenvalue weighted by Gasteiger charge is 2.34. The van der Waals surface area contributed by atoms with E-state index in [2.05, 4.69) is 30.6 Å². The standard InChI is InChI=1S/C30H41N3O4/c1-21-16-24(18-30(2,3)17-21)37-20-23(34)19-32-12-10-31(11-13-32)14-15-33-28(35)25-8-4-6-22-7-5-9-26(27(22)25)29(33)36/h4-9,21,23-24,34H,10-20H2,1-3H3/t21-,23-,24-/m1/s1. The Bertz CT molecular complexity index is 1090. The molecule has 0 unspecified atom stereocenters. The molecule has 0 aromatic heterocycles. The fourth-order valence-electron chi connectivity index (χ4n) is 6.70. The molecule has 1 N–H and O–H groups in total. The van der Waals surface area contributed by atoms with Crippen LogP contribution in [0.4, 0.5) is 0 Å². The van der Waals surface area contributed by atoms with E-state index in [1.807, 2.05) is 36.4 Å². The third-order valence-electron chi connectivity index (χ3n) is 8.30. The lowest BCUT2D eigenvalue weighted by atomic mass is 9.71. The van der Waals surface area contributed by atoms with Crippen LogP contribution in [0.25, 0.3) is 10.8 Å². The Kier molecular flexibility index (Phi) is 7.68. The monoisotopic (exact) mass is 507 g/mol. The average molecular weight is 508 g/mol. The van der Waals surface area contributed by atoms with Crippen LogP contribution < -0.4 is 0 Å². The fraction of sp³-hybridized carbons (Fsp3) is 0.600. The number of β-amino-alcohol motifs (C(OH)–C–C–N with tert-alkyl or cyclic N) is 1. The van der Waals surface area contributed by atoms with Gasteiger partial charge in [-0.25, -0.2) is 0 Å². The van der Waals surface area contributed by atoms with E-state index < -0.39 is 6.10 Å². The second-order valence-corrected chi connectivity index (χ2v) is 12.1. The number of carbonyl (C=O) groups is 2. The van der Waals surface area contributed by atoms with E-state index in [-0.39, 0.29) is 17.9 Å². The Morgan fingerprint density at radius 3 is 2.19 bits per heavy atom. The first-order valence-corrected chi connectivity index (χ1v) is 13.8. The fourth-order valence-corrected chi connectivity index (χ4v) is 6.70. The van der Waals surface area contributed by atoms with Gasteiger partial charge in [-0.15, -0.1) is 0 Å². The highest BCUT2D eigenvalue weighted by Crippen LogP contribution is 2.39. The summed E-state index contributed by atoms with van der Waals surface area (Å²) in [6.07, 6.45) is 3.13. The summed E-state index contributed by atoms with van der Waals surface area (Å²) in [4.78, 5) is 32.2. The number of hydrogen-bond donors (Lipinski definition) is 1. The number of hydrogen-bond acceptors (Lipinski definition) is 6. The van der Waals surface area contributed by atoms with E-state index in [4.69, 9.17) is 4.74 Å². The van der Waals surface area contributed by atoms with Crippen LogP contribution in [-0.4, -0.2) is 96.2 Å². The quantitative estimate of drug-likeness (QED) is 0.550. The van der Waals surface area contributed by atoms with Crippen LogP contribution in [0.2, 0.25) is 0 Å². The molecular formula is C30H41N3O4. The van der Waals surface area contributed by atoms with Gasteiger partial charge in [0.15, 0.2) is 0 Å². The van der Waals surface area contributed by atoms with Gasteiger partial charge in [0.05, 0.1) is 18.8 Å². The van der Waals surface area contributed by atoms with Gasteiger partial charge >= 0.3 is 0 Å². The molecule has 3 atom stereocenters. The summed E-state index contributed by atoms with van der Waals surface area (Å²) < 4.78 is 6.13. The van der Waals surface area contributed by atoms with Gasteiger partial charge in [0.25, 0.3) is 11.8 Å². The summed E-state index contributed by atoms with van der Waals surface area (Å²) >= 11 is 0. The molecule has 0 radical (unpaired) electrons. The second-order valence-electron chi connectivity index (χ2n) is 12.1. The van der Waals surface area contributed by atoms with Crippen molar-refractivity contribution in [1.29, 1.82) is 0 Å². The van der Waals surface area contributed by atoms with Gasteiger partial charge in [-0.05, 0) is 48.1 Å². The molecule has 3 aliphatic rings. The molecule has 2 aromatic rings. The molecule has 2 heterocycles. The number of piperazine rings is 1. The smallest absolute Gasteiger partial charge is 0.261 e. The van der Waals surface area contributed by atoms with E-state index in [1.165, 1.54) is 11.3 Å². The van der Waals surface area contributed by atoms with Gasteiger partial charge in [-0.1, -0.05) is 45.0 Å². The molecule has 2 aliphatic heterocycles. The molecular weight excluding hydrogens is 466 g/mol. The number of ether oxygens (including phenoxy) is 1. The summed E-state index contributed by atoms with van der Waals surface area (Å²) in [6.45, 7) is 12.4. The minimum absolute atomic E-state index is 0.202. The summed E-state index contributed by atoms with van der Waals surface area (Å²) in [5.74, 6) is 0.261. The van der Waals surface area contributed by atoms with E-state index >= 15 is 0 Å². The normalized spacial score (nSPS) is 25.6. The molecule has 2 amide bonds. The van der Waals surface area contributed by atoms with Crippen LogP contribution in [0, 0.1) is 11.3 Å². The van der Waals surface area contributed by atoms with E-state index in [0.29, 0.717) is 48.7 Å². The van der Waals surface area contributed by atoms with Crippen LogP contribution in [0.3, 0.4) is 0 Å². The van der Waals surface area contributed by atoms with E-state index in [1.54, 1.807) is 0 Å². The summed E-state index contributed by atoms with van der Waals surface area (Å²) in [5, 5.41) is 12.3. The highest BCUT2D eigenvalue weighted by molar-refractivity contribution is 6.25. The minimum atomic E-state index is -0.488. The van der Waals surface area contributed by atoms with Crippen molar-refractivity contribution in [2.24, 2.45) is 11.3 Å². The lowest BCUT2D eigenvalue weighted by Crippen LogP contribution is -2.51. The minimum Gasteiger partial charge on any atom is -0.389 e. The largest absolute Gasteiger partial charge is 0.389 e. The van der Waals surface area contributed by atoms with Gasteiger partial charge in [0, 0.05) is 62.3 Å². The van der Waals surface area contributed by atoms with Gasteiger partial charge in [0.1, 0.15) is 0 Å². The molecule has 7 heteroatoms. The van der Waals surface area contributed by atoms with Crippen LogP contribution in [-0.2, 0) is 4.74 Å². The van der Waals surface area contributed by atoms with Gasteiger partial charge in [-0.2, -0.15) is 0 Å². The number of amides is 2. The summed E-state index contributed by atoms with van der Waals surface area (Å²) in [6, 6.07) is 11.3. The van der Waals surface area contributed by atoms with E-state index in [9.17, 15) is 14.7 Å². The van der Waals surface area contributed by atoms with Crippen molar-refractivity contribution >= 4 is 22.6 Å². The first-order valence-electron chi connectivity index (χ1n) is 13.8. The van der Waals surface area contributed by atoms with Crippen molar-refractivity contribution in [3.63, 3.8) is 0 Å². The van der Waals surface area contributed by atoms with Crippen molar-refractivity contribution in [2.75, 3.05) is 52.4 Å². The topological polar surface area (TPSA) is 73.3 Å². The maximum absolute atomic E-state index is 13.1. The van der Waals surface area contributed by atoms with Gasteiger partial charge in [0.2, 0.25) is 0 Å². The number of aliphatic hydroxyl groups excluding tert-OH is 1. The third-order valence-corrected chi connectivity index (χ3v) is 8.30. The van der Waals surface area contributed by atoms with E-state index in [0.717, 1.165) is 49.8 Å². The average Bonchev–Trinajstić information content (AvgIpc) is 2.85. The first-order chi connectivity index (χ1) is 17.7. The molecule has 37 heavy (non-hydrogen) atoms. The molecule has 1 aliphatic carbocycles. The van der Waals surface area contributed by atoms with Crippen molar-refractivity contribution in [1.82, 2.24) is 14.7 Å². The Morgan fingerprint density at radius 2 is 1.57 bits per heavy atom. The lowest BCUT2D eigenvalue weighted by Gasteiger charge is -2.39. The van der Waals surface area contributed by atoms with Crippen molar-refractivity contribution in [3.8, 4) is 0 Å². The zero-order chi connectivity index (χ0) is 26.2. The van der Waals surface area contributed by atoms with Crippen LogP contribution in [0.5, 0.6) is 0 Å². The van der Waals surface area contributed by atoms with Crippen molar-refractivity contribution in [2.45, 2.75) is 52.2 Å². The maximum Gasteiger partial charge on any atom is 0.261 e. The molecule has 2 fully saturated rings. The van der Waals surface area contributed by atoms with Crippen LogP contribution >= 0.6 is 0 Å². The first kappa shape index (κ1) is 26.3. The second kappa shape index (κ2) is 10.8. The number of nitrogens with zero attached hydrogens (tertiary/aromatic N) is 3. The number of imide groups is 1.